The third kappa shape index (κ3) is 2.95. The van der Waals surface area contributed by atoms with Gasteiger partial charge in [0.25, 0.3) is 5.79 Å². The first-order valence-corrected chi connectivity index (χ1v) is 8.53. The van der Waals surface area contributed by atoms with E-state index in [9.17, 15) is 9.59 Å². The average molecular weight is 459 g/mol. The van der Waals surface area contributed by atoms with Crippen LogP contribution < -0.4 is 4.84 Å². The number of nitrogens with zero attached hydrogens (tertiary/aromatic N) is 1. The number of benzene rings is 1. The Morgan fingerprint density at radius 3 is 2.29 bits per heavy atom. The second-order valence-corrected chi connectivity index (χ2v) is 7.32. The van der Waals surface area contributed by atoms with Crippen LogP contribution in [0, 0.1) is 0 Å². The SMILES string of the molecule is COn1cc(C=C2C(=O)OC(C)(C)OC2=O)c2cc(Br)c(Br)cc21. The van der Waals surface area contributed by atoms with Crippen molar-refractivity contribution in [1.82, 2.24) is 4.73 Å². The fourth-order valence-corrected chi connectivity index (χ4v) is 3.09. The van der Waals surface area contributed by atoms with E-state index in [1.807, 2.05) is 12.1 Å². The lowest BCUT2D eigenvalue weighted by Crippen LogP contribution is -2.41. The number of hydrogen-bond donors (Lipinski definition) is 0. The van der Waals surface area contributed by atoms with Crippen LogP contribution in [-0.4, -0.2) is 29.6 Å². The van der Waals surface area contributed by atoms with Crippen LogP contribution in [0.15, 0.2) is 32.8 Å². The zero-order valence-electron chi connectivity index (χ0n) is 13.1. The number of halogens is 2. The molecule has 1 fully saturated rings. The Kier molecular flexibility index (Phi) is 4.21. The summed E-state index contributed by atoms with van der Waals surface area (Å²) >= 11 is 6.88. The van der Waals surface area contributed by atoms with E-state index in [0.29, 0.717) is 5.56 Å². The molecule has 0 saturated carbocycles. The highest BCUT2D eigenvalue weighted by Gasteiger charge is 2.39. The molecule has 6 nitrogen and oxygen atoms in total. The van der Waals surface area contributed by atoms with Gasteiger partial charge in [-0.3, -0.25) is 0 Å². The van der Waals surface area contributed by atoms with Gasteiger partial charge in [-0.2, -0.15) is 4.73 Å². The molecule has 126 valence electrons. The molecule has 0 atom stereocenters. The minimum atomic E-state index is -1.26. The van der Waals surface area contributed by atoms with Crippen molar-refractivity contribution in [2.45, 2.75) is 19.6 Å². The van der Waals surface area contributed by atoms with Crippen molar-refractivity contribution in [3.63, 3.8) is 0 Å². The maximum atomic E-state index is 12.1. The van der Waals surface area contributed by atoms with Crippen molar-refractivity contribution in [3.05, 3.63) is 38.4 Å². The molecule has 0 spiro atoms. The Morgan fingerprint density at radius 2 is 1.71 bits per heavy atom. The molecular weight excluding hydrogens is 446 g/mol. The number of cyclic esters (lactones) is 2. The molecule has 2 aromatic rings. The molecule has 24 heavy (non-hydrogen) atoms. The van der Waals surface area contributed by atoms with Gasteiger partial charge in [0.05, 0.1) is 11.7 Å². The van der Waals surface area contributed by atoms with Crippen molar-refractivity contribution in [2.24, 2.45) is 0 Å². The van der Waals surface area contributed by atoms with Crippen LogP contribution in [0.5, 0.6) is 0 Å². The van der Waals surface area contributed by atoms with Crippen molar-refractivity contribution in [1.29, 1.82) is 0 Å². The van der Waals surface area contributed by atoms with E-state index < -0.39 is 17.7 Å². The standard InChI is InChI=1S/C16H13Br2NO5/c1-16(2)23-14(20)10(15(21)24-16)4-8-7-19(22-3)13-6-12(18)11(17)5-9(8)13/h4-7H,1-3H3. The quantitative estimate of drug-likeness (QED) is 0.391. The van der Waals surface area contributed by atoms with E-state index in [2.05, 4.69) is 31.9 Å². The zero-order valence-corrected chi connectivity index (χ0v) is 16.2. The molecule has 1 aliphatic rings. The molecule has 1 aliphatic heterocycles. The number of esters is 2. The van der Waals surface area contributed by atoms with E-state index in [1.165, 1.54) is 27.0 Å². The van der Waals surface area contributed by atoms with Crippen molar-refractivity contribution >= 4 is 60.8 Å². The molecule has 3 rings (SSSR count). The highest BCUT2D eigenvalue weighted by atomic mass is 79.9. The number of ether oxygens (including phenoxy) is 2. The van der Waals surface area contributed by atoms with Gasteiger partial charge in [-0.05, 0) is 50.1 Å². The van der Waals surface area contributed by atoms with Crippen LogP contribution in [0.3, 0.4) is 0 Å². The van der Waals surface area contributed by atoms with Crippen molar-refractivity contribution < 1.29 is 23.9 Å². The van der Waals surface area contributed by atoms with Crippen molar-refractivity contribution in [3.8, 4) is 0 Å². The molecule has 0 radical (unpaired) electrons. The van der Waals surface area contributed by atoms with Crippen LogP contribution in [0.4, 0.5) is 0 Å². The van der Waals surface area contributed by atoms with Crippen LogP contribution in [0.1, 0.15) is 19.4 Å². The third-order valence-electron chi connectivity index (χ3n) is 3.46. The second kappa shape index (κ2) is 5.93. The molecule has 0 N–H and O–H groups in total. The highest BCUT2D eigenvalue weighted by molar-refractivity contribution is 9.13. The van der Waals surface area contributed by atoms with Gasteiger partial charge in [0, 0.05) is 33.7 Å². The lowest BCUT2D eigenvalue weighted by molar-refractivity contribution is -0.222. The van der Waals surface area contributed by atoms with Crippen LogP contribution >= 0.6 is 31.9 Å². The van der Waals surface area contributed by atoms with E-state index in [1.54, 1.807) is 10.9 Å². The summed E-state index contributed by atoms with van der Waals surface area (Å²) in [5.41, 5.74) is 1.24. The molecule has 1 saturated heterocycles. The summed E-state index contributed by atoms with van der Waals surface area (Å²) in [6.45, 7) is 3.01. The summed E-state index contributed by atoms with van der Waals surface area (Å²) in [5, 5.41) is 0.796. The van der Waals surface area contributed by atoms with Gasteiger partial charge >= 0.3 is 11.9 Å². The van der Waals surface area contributed by atoms with Gasteiger partial charge in [-0.25, -0.2) is 9.59 Å². The Labute approximate surface area is 154 Å². The van der Waals surface area contributed by atoms with E-state index >= 15 is 0 Å². The van der Waals surface area contributed by atoms with E-state index in [0.717, 1.165) is 19.8 Å². The van der Waals surface area contributed by atoms with Gasteiger partial charge in [0.2, 0.25) is 0 Å². The first-order valence-electron chi connectivity index (χ1n) is 6.95. The second-order valence-electron chi connectivity index (χ2n) is 5.61. The number of fused-ring (bicyclic) bond motifs is 1. The maximum Gasteiger partial charge on any atom is 0.348 e. The van der Waals surface area contributed by atoms with Gasteiger partial charge in [-0.15, -0.1) is 0 Å². The minimum Gasteiger partial charge on any atom is -0.419 e. The fourth-order valence-electron chi connectivity index (χ4n) is 2.42. The van der Waals surface area contributed by atoms with Crippen molar-refractivity contribution in [2.75, 3.05) is 7.11 Å². The molecule has 0 unspecified atom stereocenters. The summed E-state index contributed by atoms with van der Waals surface area (Å²) in [7, 11) is 1.53. The van der Waals surface area contributed by atoms with Crippen LogP contribution in [0.25, 0.3) is 17.0 Å². The molecule has 2 heterocycles. The van der Waals surface area contributed by atoms with Gasteiger partial charge in [0.15, 0.2) is 0 Å². The number of carbonyl (C=O) groups is 2. The smallest absolute Gasteiger partial charge is 0.348 e. The Bertz CT molecular complexity index is 875. The Hall–Kier alpha value is -1.80. The molecule has 8 heteroatoms. The lowest BCUT2D eigenvalue weighted by Gasteiger charge is -2.29. The van der Waals surface area contributed by atoms with Crippen LogP contribution in [0.2, 0.25) is 0 Å². The molecule has 1 aromatic heterocycles. The van der Waals surface area contributed by atoms with E-state index in [4.69, 9.17) is 14.3 Å². The number of carbonyl (C=O) groups excluding carboxylic acids is 2. The topological polar surface area (TPSA) is 66.8 Å². The van der Waals surface area contributed by atoms with Gasteiger partial charge in [-0.1, -0.05) is 0 Å². The van der Waals surface area contributed by atoms with Gasteiger partial charge in [0.1, 0.15) is 12.7 Å². The Morgan fingerprint density at radius 1 is 1.12 bits per heavy atom. The predicted molar refractivity (Wildman–Crippen MR) is 94.1 cm³/mol. The summed E-state index contributed by atoms with van der Waals surface area (Å²) in [5.74, 6) is -2.70. The molecule has 1 aromatic carbocycles. The summed E-state index contributed by atoms with van der Waals surface area (Å²) in [4.78, 5) is 29.5. The molecule has 0 amide bonds. The normalized spacial score (nSPS) is 16.8. The summed E-state index contributed by atoms with van der Waals surface area (Å²) in [6, 6.07) is 3.73. The fraction of sp³-hybridized carbons (Fsp3) is 0.250. The number of rotatable bonds is 2. The monoisotopic (exact) mass is 457 g/mol. The van der Waals surface area contributed by atoms with Gasteiger partial charge < -0.3 is 14.3 Å². The first-order chi connectivity index (χ1) is 11.2. The molecule has 0 bridgehead atoms. The Balaban J connectivity index is 2.15. The summed E-state index contributed by atoms with van der Waals surface area (Å²) < 4.78 is 13.5. The number of aromatic nitrogens is 1. The zero-order chi connectivity index (χ0) is 17.6. The minimum absolute atomic E-state index is 0.163. The average Bonchev–Trinajstić information content (AvgIpc) is 2.79. The highest BCUT2D eigenvalue weighted by Crippen LogP contribution is 2.33. The largest absolute Gasteiger partial charge is 0.419 e. The molecule has 0 aliphatic carbocycles. The lowest BCUT2D eigenvalue weighted by atomic mass is 10.1. The van der Waals surface area contributed by atoms with Crippen LogP contribution in [-0.2, 0) is 19.1 Å². The summed E-state index contributed by atoms with van der Waals surface area (Å²) in [6.07, 6.45) is 3.12. The maximum absolute atomic E-state index is 12.1. The molecular formula is C16H13Br2NO5. The first kappa shape index (κ1) is 17.0. The predicted octanol–water partition coefficient (Wildman–Crippen LogP) is 3.44. The van der Waals surface area contributed by atoms with E-state index in [-0.39, 0.29) is 5.57 Å². The number of hydrogen-bond acceptors (Lipinski definition) is 5. The third-order valence-corrected chi connectivity index (χ3v) is 5.30.